The largest absolute Gasteiger partial charge is 0.384 e. The van der Waals surface area contributed by atoms with Gasteiger partial charge in [0.1, 0.15) is 17.0 Å². The van der Waals surface area contributed by atoms with Crippen molar-refractivity contribution in [3.63, 3.8) is 0 Å². The zero-order valence-corrected chi connectivity index (χ0v) is 13.3. The number of nitrogen functional groups attached to an aromatic ring is 1. The van der Waals surface area contributed by atoms with Gasteiger partial charge < -0.3 is 5.73 Å². The summed E-state index contributed by atoms with van der Waals surface area (Å²) in [6, 6.07) is 4.19. The fraction of sp³-hybridized carbons (Fsp3) is 0.462. The summed E-state index contributed by atoms with van der Waals surface area (Å²) in [5.41, 5.74) is 6.32. The summed E-state index contributed by atoms with van der Waals surface area (Å²) >= 11 is 1.61. The Morgan fingerprint density at radius 3 is 2.86 bits per heavy atom. The number of nitrogens with one attached hydrogen (secondary N) is 1. The van der Waals surface area contributed by atoms with Crippen molar-refractivity contribution in [3.05, 3.63) is 35.1 Å². The second-order valence-electron chi connectivity index (χ2n) is 5.09. The Morgan fingerprint density at radius 2 is 2.24 bits per heavy atom. The van der Waals surface area contributed by atoms with E-state index in [4.69, 9.17) is 11.1 Å². The predicted molar refractivity (Wildman–Crippen MR) is 83.8 cm³/mol. The van der Waals surface area contributed by atoms with E-state index in [1.54, 1.807) is 17.8 Å². The highest BCUT2D eigenvalue weighted by Crippen LogP contribution is 2.23. The van der Waals surface area contributed by atoms with Crippen LogP contribution >= 0.6 is 11.8 Å². The Kier molecular flexibility index (Phi) is 4.90. The van der Waals surface area contributed by atoms with Crippen molar-refractivity contribution >= 4 is 27.4 Å². The Morgan fingerprint density at radius 1 is 1.52 bits per heavy atom. The van der Waals surface area contributed by atoms with Gasteiger partial charge in [-0.25, -0.2) is 12.8 Å². The van der Waals surface area contributed by atoms with E-state index in [0.29, 0.717) is 30.0 Å². The van der Waals surface area contributed by atoms with Crippen molar-refractivity contribution < 1.29 is 12.8 Å². The molecule has 1 aromatic carbocycles. The minimum Gasteiger partial charge on any atom is -0.384 e. The number of halogens is 1. The van der Waals surface area contributed by atoms with Gasteiger partial charge in [0.2, 0.25) is 0 Å². The third-order valence-electron chi connectivity index (χ3n) is 3.34. The average molecular weight is 331 g/mol. The molecule has 0 aliphatic carbocycles. The van der Waals surface area contributed by atoms with Crippen molar-refractivity contribution in [2.24, 2.45) is 5.73 Å². The van der Waals surface area contributed by atoms with Crippen LogP contribution in [0.1, 0.15) is 11.1 Å². The molecule has 8 heteroatoms. The van der Waals surface area contributed by atoms with E-state index in [0.717, 1.165) is 5.75 Å². The average Bonchev–Trinajstić information content (AvgIpc) is 2.37. The number of hydrogen-bond acceptors (Lipinski definition) is 5. The first-order valence-corrected chi connectivity index (χ1v) is 9.53. The highest BCUT2D eigenvalue weighted by atomic mass is 32.2. The van der Waals surface area contributed by atoms with Crippen molar-refractivity contribution in [1.29, 1.82) is 5.41 Å². The standard InChI is InChI=1S/C13H18FN3O2S2/c1-21(18,19)12-8-20-3-2-17(12)7-9-4-10(13(15)16)6-11(14)5-9/h4-6,12H,2-3,7-8H2,1H3,(H3,15,16). The zero-order valence-electron chi connectivity index (χ0n) is 11.7. The maximum Gasteiger partial charge on any atom is 0.164 e. The second kappa shape index (κ2) is 6.33. The highest BCUT2D eigenvalue weighted by Gasteiger charge is 2.30. The van der Waals surface area contributed by atoms with Crippen molar-refractivity contribution in [1.82, 2.24) is 4.90 Å². The molecule has 1 aromatic rings. The molecule has 0 spiro atoms. The monoisotopic (exact) mass is 331 g/mol. The van der Waals surface area contributed by atoms with Gasteiger partial charge in [0.05, 0.1) is 0 Å². The third-order valence-corrected chi connectivity index (χ3v) is 6.03. The van der Waals surface area contributed by atoms with Gasteiger partial charge in [-0.15, -0.1) is 0 Å². The summed E-state index contributed by atoms with van der Waals surface area (Å²) in [6.07, 6.45) is 1.23. The number of nitrogens with two attached hydrogens (primary N) is 1. The molecule has 1 aliphatic rings. The van der Waals surface area contributed by atoms with E-state index >= 15 is 0 Å². The molecule has 1 unspecified atom stereocenters. The van der Waals surface area contributed by atoms with Gasteiger partial charge in [-0.1, -0.05) is 0 Å². The minimum absolute atomic E-state index is 0.204. The first kappa shape index (κ1) is 16.3. The zero-order chi connectivity index (χ0) is 15.6. The summed E-state index contributed by atoms with van der Waals surface area (Å²) in [7, 11) is -3.19. The Labute approximate surface area is 128 Å². The molecular weight excluding hydrogens is 313 g/mol. The Bertz CT molecular complexity index is 649. The third kappa shape index (κ3) is 4.18. The summed E-state index contributed by atoms with van der Waals surface area (Å²) < 4.78 is 37.3. The topological polar surface area (TPSA) is 87.2 Å². The number of amidine groups is 1. The highest BCUT2D eigenvalue weighted by molar-refractivity contribution is 8.00. The van der Waals surface area contributed by atoms with Crippen molar-refractivity contribution in [3.8, 4) is 0 Å². The van der Waals surface area contributed by atoms with Gasteiger partial charge in [-0.05, 0) is 23.8 Å². The van der Waals surface area contributed by atoms with E-state index in [-0.39, 0.29) is 5.84 Å². The number of sulfone groups is 1. The van der Waals surface area contributed by atoms with E-state index in [1.165, 1.54) is 18.4 Å². The van der Waals surface area contributed by atoms with E-state index in [1.807, 2.05) is 4.90 Å². The Hall–Kier alpha value is -1.12. The molecule has 21 heavy (non-hydrogen) atoms. The number of hydrogen-bond donors (Lipinski definition) is 2. The molecule has 0 bridgehead atoms. The van der Waals surface area contributed by atoms with Crippen molar-refractivity contribution in [2.75, 3.05) is 24.3 Å². The molecule has 0 amide bonds. The molecule has 1 fully saturated rings. The molecule has 1 aliphatic heterocycles. The number of thioether (sulfide) groups is 1. The van der Waals surface area contributed by atoms with Crippen LogP contribution in [0.25, 0.3) is 0 Å². The molecule has 1 heterocycles. The van der Waals surface area contributed by atoms with Crippen LogP contribution in [-0.4, -0.2) is 48.8 Å². The van der Waals surface area contributed by atoms with Gasteiger partial charge in [-0.2, -0.15) is 11.8 Å². The molecule has 116 valence electrons. The van der Waals surface area contributed by atoms with Crippen LogP contribution in [-0.2, 0) is 16.4 Å². The summed E-state index contributed by atoms with van der Waals surface area (Å²) in [4.78, 5) is 1.84. The maximum atomic E-state index is 13.6. The van der Waals surface area contributed by atoms with E-state index < -0.39 is 21.0 Å². The summed E-state index contributed by atoms with van der Waals surface area (Å²) in [5, 5.41) is 6.83. The fourth-order valence-electron chi connectivity index (χ4n) is 2.32. The summed E-state index contributed by atoms with van der Waals surface area (Å²) in [5.74, 6) is 0.693. The molecule has 1 atom stereocenters. The molecule has 5 nitrogen and oxygen atoms in total. The normalized spacial score (nSPS) is 20.4. The van der Waals surface area contributed by atoms with Crippen LogP contribution in [0.4, 0.5) is 4.39 Å². The lowest BCUT2D eigenvalue weighted by molar-refractivity contribution is 0.262. The second-order valence-corrected chi connectivity index (χ2v) is 8.44. The minimum atomic E-state index is -3.19. The molecule has 2 rings (SSSR count). The van der Waals surface area contributed by atoms with Crippen LogP contribution in [0.15, 0.2) is 18.2 Å². The first-order valence-electron chi connectivity index (χ1n) is 6.42. The fourth-order valence-corrected chi connectivity index (χ4v) is 5.26. The van der Waals surface area contributed by atoms with Crippen LogP contribution in [0.3, 0.4) is 0 Å². The lowest BCUT2D eigenvalue weighted by atomic mass is 10.1. The molecular formula is C13H18FN3O2S2. The van der Waals surface area contributed by atoms with Crippen LogP contribution < -0.4 is 5.73 Å². The first-order chi connectivity index (χ1) is 9.77. The van der Waals surface area contributed by atoms with Crippen molar-refractivity contribution in [2.45, 2.75) is 11.9 Å². The van der Waals surface area contributed by atoms with Crippen LogP contribution in [0, 0.1) is 11.2 Å². The predicted octanol–water partition coefficient (Wildman–Crippen LogP) is 1.03. The van der Waals surface area contributed by atoms with E-state index in [9.17, 15) is 12.8 Å². The number of benzene rings is 1. The SMILES string of the molecule is CS(=O)(=O)C1CSCCN1Cc1cc(F)cc(C(=N)N)c1. The molecule has 0 radical (unpaired) electrons. The molecule has 3 N–H and O–H groups in total. The van der Waals surface area contributed by atoms with Crippen LogP contribution in [0.5, 0.6) is 0 Å². The lowest BCUT2D eigenvalue weighted by Crippen LogP contribution is -2.46. The van der Waals surface area contributed by atoms with Gasteiger partial charge in [-0.3, -0.25) is 10.3 Å². The summed E-state index contributed by atoms with van der Waals surface area (Å²) in [6.45, 7) is 0.963. The quantitative estimate of drug-likeness (QED) is 0.635. The lowest BCUT2D eigenvalue weighted by Gasteiger charge is -2.34. The number of nitrogens with zero attached hydrogens (tertiary/aromatic N) is 1. The number of rotatable bonds is 4. The van der Waals surface area contributed by atoms with E-state index in [2.05, 4.69) is 0 Å². The van der Waals surface area contributed by atoms with Gasteiger partial charge in [0.15, 0.2) is 9.84 Å². The van der Waals surface area contributed by atoms with Gasteiger partial charge in [0, 0.05) is 36.4 Å². The van der Waals surface area contributed by atoms with Gasteiger partial charge >= 0.3 is 0 Å². The molecule has 1 saturated heterocycles. The smallest absolute Gasteiger partial charge is 0.164 e. The Balaban J connectivity index is 2.25. The maximum absolute atomic E-state index is 13.6. The van der Waals surface area contributed by atoms with Gasteiger partial charge in [0.25, 0.3) is 0 Å². The molecule has 0 saturated carbocycles. The molecule has 0 aromatic heterocycles. The van der Waals surface area contributed by atoms with Crippen LogP contribution in [0.2, 0.25) is 0 Å².